The van der Waals surface area contributed by atoms with Gasteiger partial charge in [0.25, 0.3) is 0 Å². The van der Waals surface area contributed by atoms with E-state index in [1.54, 1.807) is 6.20 Å². The number of amides is 1. The quantitative estimate of drug-likeness (QED) is 0.615. The lowest BCUT2D eigenvalue weighted by atomic mass is 9.78. The fraction of sp³-hybridized carbons (Fsp3) is 0.400. The highest BCUT2D eigenvalue weighted by atomic mass is 32.1. The molecule has 0 bridgehead atoms. The Morgan fingerprint density at radius 3 is 2.88 bits per heavy atom. The second-order valence-corrected chi connectivity index (χ2v) is 7.80. The number of carboxylic acid groups (broad SMARTS) is 1. The van der Waals surface area contributed by atoms with E-state index in [2.05, 4.69) is 10.3 Å². The zero-order chi connectivity index (χ0) is 18.5. The first-order chi connectivity index (χ1) is 12.5. The van der Waals surface area contributed by atoms with Gasteiger partial charge in [-0.05, 0) is 11.4 Å². The summed E-state index contributed by atoms with van der Waals surface area (Å²) in [4.78, 5) is 30.4. The van der Waals surface area contributed by atoms with Crippen molar-refractivity contribution in [1.82, 2.24) is 10.3 Å². The summed E-state index contributed by atoms with van der Waals surface area (Å²) in [6.07, 6.45) is 0.926. The van der Waals surface area contributed by atoms with Crippen LogP contribution >= 0.6 is 22.7 Å². The SMILES string of the molecule is O=C(O)CC1CN(c2nccs2)C[C@H](NC(=O)Cc2cccs2)B(O)O1. The van der Waals surface area contributed by atoms with Gasteiger partial charge in [-0.3, -0.25) is 9.59 Å². The van der Waals surface area contributed by atoms with E-state index in [0.717, 1.165) is 4.88 Å². The standard InChI is InChI=1S/C15H18BN3O5S2/c20-13(7-11-2-1-4-25-11)18-12-9-19(15-17-3-5-26-15)8-10(6-14(21)22)24-16(12)23/h1-5,10,12,23H,6-9H2,(H,18,20)(H,21,22)/t10?,12-/m0/s1. The minimum atomic E-state index is -1.29. The van der Waals surface area contributed by atoms with Crippen LogP contribution < -0.4 is 10.2 Å². The number of thiophene rings is 1. The number of nitrogens with zero attached hydrogens (tertiary/aromatic N) is 2. The van der Waals surface area contributed by atoms with E-state index in [-0.39, 0.29) is 31.8 Å². The summed E-state index contributed by atoms with van der Waals surface area (Å²) < 4.78 is 5.50. The third-order valence-electron chi connectivity index (χ3n) is 3.87. The summed E-state index contributed by atoms with van der Waals surface area (Å²) in [6.45, 7) is 0.551. The van der Waals surface area contributed by atoms with Crippen LogP contribution in [0.15, 0.2) is 29.1 Å². The van der Waals surface area contributed by atoms with Crippen molar-refractivity contribution < 1.29 is 24.4 Å². The molecule has 26 heavy (non-hydrogen) atoms. The van der Waals surface area contributed by atoms with Crippen molar-refractivity contribution in [3.63, 3.8) is 0 Å². The van der Waals surface area contributed by atoms with Crippen LogP contribution in [0.5, 0.6) is 0 Å². The lowest BCUT2D eigenvalue weighted by Gasteiger charge is -2.24. The van der Waals surface area contributed by atoms with Crippen LogP contribution in [-0.2, 0) is 20.7 Å². The molecule has 0 aliphatic carbocycles. The van der Waals surface area contributed by atoms with Crippen LogP contribution in [0.2, 0.25) is 0 Å². The van der Waals surface area contributed by atoms with Crippen molar-refractivity contribution in [2.24, 2.45) is 0 Å². The van der Waals surface area contributed by atoms with Crippen LogP contribution in [0.3, 0.4) is 0 Å². The molecule has 3 rings (SSSR count). The van der Waals surface area contributed by atoms with Gasteiger partial charge in [0.2, 0.25) is 5.91 Å². The Morgan fingerprint density at radius 2 is 2.23 bits per heavy atom. The minimum Gasteiger partial charge on any atom is -0.481 e. The molecule has 8 nitrogen and oxygen atoms in total. The summed E-state index contributed by atoms with van der Waals surface area (Å²) in [7, 11) is -1.29. The third kappa shape index (κ3) is 5.04. The molecule has 0 spiro atoms. The van der Waals surface area contributed by atoms with Gasteiger partial charge in [-0.2, -0.15) is 0 Å². The Hall–Kier alpha value is -1.95. The number of carbonyl (C=O) groups is 2. The molecule has 1 aliphatic rings. The molecule has 0 aromatic carbocycles. The molecule has 0 radical (unpaired) electrons. The predicted molar refractivity (Wildman–Crippen MR) is 99.4 cm³/mol. The number of aromatic nitrogens is 1. The highest BCUT2D eigenvalue weighted by Crippen LogP contribution is 2.22. The molecular formula is C15H18BN3O5S2. The van der Waals surface area contributed by atoms with Gasteiger partial charge in [-0.1, -0.05) is 6.07 Å². The van der Waals surface area contributed by atoms with Gasteiger partial charge in [0.15, 0.2) is 5.13 Å². The van der Waals surface area contributed by atoms with Crippen LogP contribution in [0.1, 0.15) is 11.3 Å². The first-order valence-corrected chi connectivity index (χ1v) is 9.78. The molecule has 1 saturated heterocycles. The molecule has 1 amide bonds. The van der Waals surface area contributed by atoms with E-state index in [0.29, 0.717) is 5.13 Å². The lowest BCUT2D eigenvalue weighted by Crippen LogP contribution is -2.52. The fourth-order valence-electron chi connectivity index (χ4n) is 2.76. The van der Waals surface area contributed by atoms with Crippen LogP contribution in [0, 0.1) is 0 Å². The Kier molecular flexibility index (Phi) is 6.25. The van der Waals surface area contributed by atoms with Gasteiger partial charge >= 0.3 is 13.1 Å². The van der Waals surface area contributed by atoms with Gasteiger partial charge in [-0.15, -0.1) is 22.7 Å². The summed E-state index contributed by atoms with van der Waals surface area (Å²) in [6, 6.07) is 3.74. The first-order valence-electron chi connectivity index (χ1n) is 8.03. The minimum absolute atomic E-state index is 0.219. The average Bonchev–Trinajstić information content (AvgIpc) is 3.23. The van der Waals surface area contributed by atoms with Crippen LogP contribution in [0.4, 0.5) is 5.13 Å². The molecule has 3 N–H and O–H groups in total. The molecule has 0 saturated carbocycles. The lowest BCUT2D eigenvalue weighted by molar-refractivity contribution is -0.138. The Bertz CT molecular complexity index is 728. The third-order valence-corrected chi connectivity index (χ3v) is 5.58. The van der Waals surface area contributed by atoms with E-state index in [9.17, 15) is 14.6 Å². The van der Waals surface area contributed by atoms with Crippen molar-refractivity contribution in [2.45, 2.75) is 24.9 Å². The van der Waals surface area contributed by atoms with E-state index in [1.807, 2.05) is 27.8 Å². The van der Waals surface area contributed by atoms with Gasteiger partial charge in [0.05, 0.1) is 24.9 Å². The van der Waals surface area contributed by atoms with Gasteiger partial charge in [0, 0.05) is 29.5 Å². The summed E-state index contributed by atoms with van der Waals surface area (Å²) >= 11 is 2.89. The predicted octanol–water partition coefficient (Wildman–Crippen LogP) is 0.632. The summed E-state index contributed by atoms with van der Waals surface area (Å²) in [5.41, 5.74) is 0. The van der Waals surface area contributed by atoms with E-state index in [1.165, 1.54) is 22.7 Å². The van der Waals surface area contributed by atoms with Crippen LogP contribution in [0.25, 0.3) is 0 Å². The Balaban J connectivity index is 1.71. The average molecular weight is 395 g/mol. The maximum Gasteiger partial charge on any atom is 0.480 e. The zero-order valence-electron chi connectivity index (χ0n) is 13.8. The molecule has 2 aromatic rings. The highest BCUT2D eigenvalue weighted by Gasteiger charge is 2.38. The van der Waals surface area contributed by atoms with Crippen LogP contribution in [-0.4, -0.2) is 59.2 Å². The fourth-order valence-corrected chi connectivity index (χ4v) is 4.13. The number of hydrogen-bond acceptors (Lipinski definition) is 8. The largest absolute Gasteiger partial charge is 0.481 e. The van der Waals surface area contributed by atoms with Crippen molar-refractivity contribution >= 4 is 46.8 Å². The van der Waals surface area contributed by atoms with Crippen molar-refractivity contribution in [2.75, 3.05) is 18.0 Å². The Morgan fingerprint density at radius 1 is 1.38 bits per heavy atom. The zero-order valence-corrected chi connectivity index (χ0v) is 15.4. The first kappa shape index (κ1) is 18.8. The highest BCUT2D eigenvalue weighted by molar-refractivity contribution is 7.13. The monoisotopic (exact) mass is 395 g/mol. The van der Waals surface area contributed by atoms with E-state index < -0.39 is 25.1 Å². The van der Waals surface area contributed by atoms with Crippen molar-refractivity contribution in [1.29, 1.82) is 0 Å². The number of carbonyl (C=O) groups excluding carboxylic acids is 1. The topological polar surface area (TPSA) is 112 Å². The molecule has 1 unspecified atom stereocenters. The maximum atomic E-state index is 12.3. The maximum absolute atomic E-state index is 12.3. The second-order valence-electron chi connectivity index (χ2n) is 5.90. The number of thiazole rings is 1. The molecule has 1 aliphatic heterocycles. The molecular weight excluding hydrogens is 377 g/mol. The van der Waals surface area contributed by atoms with Gasteiger partial charge in [0.1, 0.15) is 0 Å². The molecule has 2 atom stereocenters. The van der Waals surface area contributed by atoms with E-state index >= 15 is 0 Å². The second kappa shape index (κ2) is 8.63. The van der Waals surface area contributed by atoms with Gasteiger partial charge in [-0.25, -0.2) is 4.98 Å². The number of carboxylic acids is 1. The normalized spacial score (nSPS) is 20.7. The molecule has 2 aromatic heterocycles. The number of anilines is 1. The molecule has 138 valence electrons. The molecule has 1 fully saturated rings. The van der Waals surface area contributed by atoms with Crippen molar-refractivity contribution in [3.05, 3.63) is 34.0 Å². The number of nitrogens with one attached hydrogen (secondary N) is 1. The number of hydrogen-bond donors (Lipinski definition) is 3. The molecule has 3 heterocycles. The number of aliphatic carboxylic acids is 1. The van der Waals surface area contributed by atoms with E-state index in [4.69, 9.17) is 9.76 Å². The smallest absolute Gasteiger partial charge is 0.480 e. The molecule has 11 heteroatoms. The summed E-state index contributed by atoms with van der Waals surface area (Å²) in [5, 5.41) is 26.6. The number of rotatable bonds is 6. The summed E-state index contributed by atoms with van der Waals surface area (Å²) in [5.74, 6) is -1.93. The van der Waals surface area contributed by atoms with Crippen molar-refractivity contribution in [3.8, 4) is 0 Å². The van der Waals surface area contributed by atoms with Gasteiger partial charge < -0.3 is 25.0 Å². The Labute approximate surface area is 158 Å².